The van der Waals surface area contributed by atoms with Crippen molar-refractivity contribution in [2.75, 3.05) is 11.9 Å². The van der Waals surface area contributed by atoms with Gasteiger partial charge in [0.2, 0.25) is 0 Å². The van der Waals surface area contributed by atoms with Gasteiger partial charge in [0, 0.05) is 24.8 Å². The van der Waals surface area contributed by atoms with Crippen LogP contribution in [0.3, 0.4) is 0 Å². The first-order valence-corrected chi connectivity index (χ1v) is 6.93. The molecule has 0 aliphatic heterocycles. The zero-order valence-corrected chi connectivity index (χ0v) is 12.9. The Balaban J connectivity index is 2.23. The van der Waals surface area contributed by atoms with Gasteiger partial charge in [0.15, 0.2) is 0 Å². The Labute approximate surface area is 124 Å². The van der Waals surface area contributed by atoms with Gasteiger partial charge in [0.25, 0.3) is 0 Å². The summed E-state index contributed by atoms with van der Waals surface area (Å²) in [6.45, 7) is 7.11. The molecule has 0 radical (unpaired) electrons. The van der Waals surface area contributed by atoms with Crippen molar-refractivity contribution in [3.8, 4) is 6.07 Å². The van der Waals surface area contributed by atoms with Gasteiger partial charge in [-0.25, -0.2) is 4.68 Å². The minimum atomic E-state index is 0.0538. The normalized spacial score (nSPS) is 10.7. The Kier molecular flexibility index (Phi) is 4.34. The van der Waals surface area contributed by atoms with E-state index in [1.807, 2.05) is 38.5 Å². The molecule has 0 aliphatic rings. The first-order chi connectivity index (χ1) is 9.99. The number of aryl methyl sites for hydroxylation is 1. The van der Waals surface area contributed by atoms with Crippen molar-refractivity contribution in [1.29, 1.82) is 5.26 Å². The van der Waals surface area contributed by atoms with Crippen LogP contribution in [-0.4, -0.2) is 26.1 Å². The van der Waals surface area contributed by atoms with Crippen LogP contribution < -0.4 is 5.32 Å². The average molecular weight is 287 g/mol. The molecule has 0 aliphatic carbocycles. The van der Waals surface area contributed by atoms with Crippen LogP contribution in [0.1, 0.15) is 28.2 Å². The summed E-state index contributed by atoms with van der Waals surface area (Å²) in [5.41, 5.74) is 4.84. The molecule has 6 heteroatoms. The summed E-state index contributed by atoms with van der Waals surface area (Å²) in [4.78, 5) is 0. The lowest BCUT2D eigenvalue weighted by Crippen LogP contribution is -2.11. The van der Waals surface area contributed by atoms with E-state index in [1.54, 1.807) is 4.68 Å². The highest BCUT2D eigenvalue weighted by Crippen LogP contribution is 2.21. The summed E-state index contributed by atoms with van der Waals surface area (Å²) in [7, 11) is 1.89. The zero-order chi connectivity index (χ0) is 15.6. The van der Waals surface area contributed by atoms with E-state index in [1.165, 1.54) is 0 Å². The minimum absolute atomic E-state index is 0.0538. The lowest BCUT2D eigenvalue weighted by molar-refractivity contribution is 0.270. The molecule has 0 aromatic carbocycles. The lowest BCUT2D eigenvalue weighted by Gasteiger charge is -2.10. The summed E-state index contributed by atoms with van der Waals surface area (Å²) in [5, 5.41) is 26.0. The molecular formula is C15H21N5O. The molecule has 0 saturated heterocycles. The molecule has 0 amide bonds. The Hall–Kier alpha value is -2.26. The second-order valence-electron chi connectivity index (χ2n) is 5.17. The molecule has 6 nitrogen and oxygen atoms in total. The summed E-state index contributed by atoms with van der Waals surface area (Å²) in [6, 6.07) is 4.09. The molecule has 2 heterocycles. The maximum Gasteiger partial charge on any atom is 0.127 e. The van der Waals surface area contributed by atoms with E-state index in [-0.39, 0.29) is 6.61 Å². The van der Waals surface area contributed by atoms with Crippen molar-refractivity contribution >= 4 is 5.82 Å². The van der Waals surface area contributed by atoms with Crippen LogP contribution in [0.15, 0.2) is 6.07 Å². The summed E-state index contributed by atoms with van der Waals surface area (Å²) in [6.07, 6.45) is 0. The van der Waals surface area contributed by atoms with E-state index in [4.69, 9.17) is 10.4 Å². The van der Waals surface area contributed by atoms with Gasteiger partial charge in [-0.2, -0.15) is 10.4 Å². The van der Waals surface area contributed by atoms with Crippen molar-refractivity contribution in [2.24, 2.45) is 7.05 Å². The number of aliphatic hydroxyl groups is 1. The van der Waals surface area contributed by atoms with Gasteiger partial charge in [-0.1, -0.05) is 0 Å². The predicted octanol–water partition coefficient (Wildman–Crippen LogP) is 1.62. The smallest absolute Gasteiger partial charge is 0.127 e. The highest BCUT2D eigenvalue weighted by Gasteiger charge is 2.13. The van der Waals surface area contributed by atoms with Gasteiger partial charge >= 0.3 is 0 Å². The Morgan fingerprint density at radius 3 is 2.67 bits per heavy atom. The third kappa shape index (κ3) is 2.78. The monoisotopic (exact) mass is 287 g/mol. The fourth-order valence-electron chi connectivity index (χ4n) is 2.38. The van der Waals surface area contributed by atoms with Crippen molar-refractivity contribution in [3.63, 3.8) is 0 Å². The van der Waals surface area contributed by atoms with Crippen LogP contribution in [0, 0.1) is 32.1 Å². The van der Waals surface area contributed by atoms with E-state index in [2.05, 4.69) is 16.5 Å². The Bertz CT molecular complexity index is 690. The Morgan fingerprint density at radius 1 is 1.38 bits per heavy atom. The number of aliphatic hydroxyl groups excluding tert-OH is 1. The summed E-state index contributed by atoms with van der Waals surface area (Å²) >= 11 is 0. The maximum absolute atomic E-state index is 9.12. The van der Waals surface area contributed by atoms with Crippen LogP contribution in [0.5, 0.6) is 0 Å². The average Bonchev–Trinajstić information content (AvgIpc) is 2.88. The molecule has 2 N–H and O–H groups in total. The fourth-order valence-corrected chi connectivity index (χ4v) is 2.38. The SMILES string of the molecule is Cc1nn(CCO)c(NCc2cc(C#N)n(C)c2C)c1C. The standard InChI is InChI=1S/C15H21N5O/c1-10-11(2)18-20(5-6-21)15(10)17-9-13-7-14(8-16)19(4)12(13)3/h7,17,21H,5-6,9H2,1-4H3. The molecule has 0 saturated carbocycles. The van der Waals surface area contributed by atoms with Gasteiger partial charge in [-0.15, -0.1) is 0 Å². The van der Waals surface area contributed by atoms with Crippen molar-refractivity contribution in [1.82, 2.24) is 14.3 Å². The van der Waals surface area contributed by atoms with Crippen molar-refractivity contribution in [3.05, 3.63) is 34.3 Å². The molecule has 0 fully saturated rings. The highest BCUT2D eigenvalue weighted by molar-refractivity contribution is 5.48. The maximum atomic E-state index is 9.12. The largest absolute Gasteiger partial charge is 0.394 e. The van der Waals surface area contributed by atoms with E-state index >= 15 is 0 Å². The quantitative estimate of drug-likeness (QED) is 0.876. The zero-order valence-electron chi connectivity index (χ0n) is 12.9. The van der Waals surface area contributed by atoms with Gasteiger partial charge in [0.1, 0.15) is 17.6 Å². The van der Waals surface area contributed by atoms with Gasteiger partial charge < -0.3 is 15.0 Å². The minimum Gasteiger partial charge on any atom is -0.394 e. The van der Waals surface area contributed by atoms with Crippen LogP contribution in [0.2, 0.25) is 0 Å². The van der Waals surface area contributed by atoms with E-state index < -0.39 is 0 Å². The van der Waals surface area contributed by atoms with E-state index in [0.717, 1.165) is 28.3 Å². The molecule has 2 aromatic heterocycles. The number of rotatable bonds is 5. The molecule has 0 atom stereocenters. The highest BCUT2D eigenvalue weighted by atomic mass is 16.3. The summed E-state index contributed by atoms with van der Waals surface area (Å²) < 4.78 is 3.67. The third-order valence-electron chi connectivity index (χ3n) is 3.94. The van der Waals surface area contributed by atoms with E-state index in [9.17, 15) is 0 Å². The molecular weight excluding hydrogens is 266 g/mol. The van der Waals surface area contributed by atoms with Crippen LogP contribution in [0.4, 0.5) is 5.82 Å². The van der Waals surface area contributed by atoms with Crippen LogP contribution >= 0.6 is 0 Å². The summed E-state index contributed by atoms with van der Waals surface area (Å²) in [5.74, 6) is 0.920. The molecule has 2 rings (SSSR count). The second-order valence-corrected chi connectivity index (χ2v) is 5.17. The number of nitriles is 1. The van der Waals surface area contributed by atoms with Crippen molar-refractivity contribution in [2.45, 2.75) is 33.9 Å². The number of hydrogen-bond donors (Lipinski definition) is 2. The number of hydrogen-bond acceptors (Lipinski definition) is 4. The van der Waals surface area contributed by atoms with Crippen LogP contribution in [0.25, 0.3) is 0 Å². The van der Waals surface area contributed by atoms with Crippen molar-refractivity contribution < 1.29 is 5.11 Å². The lowest BCUT2D eigenvalue weighted by atomic mass is 10.2. The number of anilines is 1. The van der Waals surface area contributed by atoms with Crippen LogP contribution in [-0.2, 0) is 20.1 Å². The third-order valence-corrected chi connectivity index (χ3v) is 3.94. The van der Waals surface area contributed by atoms with Gasteiger partial charge in [-0.05, 0) is 32.4 Å². The van der Waals surface area contributed by atoms with Gasteiger partial charge in [-0.3, -0.25) is 0 Å². The number of aromatic nitrogens is 3. The first-order valence-electron chi connectivity index (χ1n) is 6.93. The molecule has 0 bridgehead atoms. The molecule has 0 spiro atoms. The molecule has 2 aromatic rings. The van der Waals surface area contributed by atoms with E-state index in [0.29, 0.717) is 18.8 Å². The molecule has 21 heavy (non-hydrogen) atoms. The first kappa shape index (κ1) is 15.1. The topological polar surface area (TPSA) is 78.8 Å². The Morgan fingerprint density at radius 2 is 2.10 bits per heavy atom. The fraction of sp³-hybridized carbons (Fsp3) is 0.467. The second kappa shape index (κ2) is 6.02. The predicted molar refractivity (Wildman–Crippen MR) is 81.0 cm³/mol. The number of nitrogens with zero attached hydrogens (tertiary/aromatic N) is 4. The molecule has 0 unspecified atom stereocenters. The number of nitrogens with one attached hydrogen (secondary N) is 1. The van der Waals surface area contributed by atoms with Gasteiger partial charge in [0.05, 0.1) is 18.8 Å². The molecule has 112 valence electrons.